The fourth-order valence-electron chi connectivity index (χ4n) is 11.0. The zero-order valence-electron chi connectivity index (χ0n) is 35.3. The van der Waals surface area contributed by atoms with Gasteiger partial charge >= 0.3 is 0 Å². The molecule has 0 unspecified atom stereocenters. The quantitative estimate of drug-likeness (QED) is 0.163. The third kappa shape index (κ3) is 4.87. The molecule has 4 heterocycles. The number of benzene rings is 10. The van der Waals surface area contributed by atoms with E-state index in [1.807, 2.05) is 24.3 Å². The van der Waals surface area contributed by atoms with Crippen LogP contribution in [-0.2, 0) is 0 Å². The Labute approximate surface area is 377 Å². The van der Waals surface area contributed by atoms with E-state index in [0.29, 0.717) is 22.6 Å². The fourth-order valence-corrected chi connectivity index (χ4v) is 11.0. The van der Waals surface area contributed by atoms with E-state index in [9.17, 15) is 5.26 Å². The molecule has 14 rings (SSSR count). The maximum absolute atomic E-state index is 11.2. The number of para-hydroxylation sites is 5. The maximum atomic E-state index is 11.2. The summed E-state index contributed by atoms with van der Waals surface area (Å²) in [6, 6.07) is 75.1. The molecule has 6 heteroatoms. The Morgan fingerprint density at radius 1 is 0.348 bits per heavy atom. The molecule has 304 valence electrons. The van der Waals surface area contributed by atoms with Crippen molar-refractivity contribution in [1.29, 1.82) is 5.26 Å². The predicted molar refractivity (Wildman–Crippen MR) is 272 cm³/mol. The van der Waals surface area contributed by atoms with E-state index >= 15 is 0 Å². The topological polar surface area (TPSA) is 47.9 Å². The average molecular weight is 839 g/mol. The zero-order chi connectivity index (χ0) is 43.6. The number of nitrogens with zero attached hydrogens (tertiary/aromatic N) is 6. The van der Waals surface area contributed by atoms with Gasteiger partial charge in [-0.25, -0.2) is 4.85 Å². The summed E-state index contributed by atoms with van der Waals surface area (Å²) in [5.74, 6) is 0. The molecule has 0 aliphatic heterocycles. The molecule has 0 aliphatic carbocycles. The van der Waals surface area contributed by atoms with Gasteiger partial charge in [0.1, 0.15) is 6.07 Å². The molecule has 0 radical (unpaired) electrons. The highest BCUT2D eigenvalue weighted by Crippen LogP contribution is 2.45. The van der Waals surface area contributed by atoms with Crippen LogP contribution in [0.5, 0.6) is 0 Å². The lowest BCUT2D eigenvalue weighted by Gasteiger charge is -2.16. The van der Waals surface area contributed by atoms with E-state index < -0.39 is 0 Å². The molecule has 4 aromatic heterocycles. The lowest BCUT2D eigenvalue weighted by atomic mass is 10.0. The summed E-state index contributed by atoms with van der Waals surface area (Å²) in [5.41, 5.74) is 12.8. The standard InChI is InChI=1S/C60H34N6/c1-62-49-35-56(65-54-30-28-40(32-48(54)60-41-18-6-5-15-37(41)27-29-55(60)65)64-50-23-11-7-19-42(50)43-20-8-12-24-51(43)64)38(36-61)31-59(49)66-53-26-14-10-22-45(53)47-33-57-46(34-58(47)66)44-21-9-13-25-52(44)63(57)39-16-3-2-4-17-39/h2-35H. The van der Waals surface area contributed by atoms with Crippen molar-refractivity contribution < 1.29 is 0 Å². The molecule has 10 aromatic carbocycles. The van der Waals surface area contributed by atoms with Crippen LogP contribution >= 0.6 is 0 Å². The minimum atomic E-state index is 0.455. The van der Waals surface area contributed by atoms with E-state index in [1.54, 1.807) is 0 Å². The summed E-state index contributed by atoms with van der Waals surface area (Å²) in [6.07, 6.45) is 0. The van der Waals surface area contributed by atoms with Crippen molar-refractivity contribution in [3.05, 3.63) is 223 Å². The summed E-state index contributed by atoms with van der Waals surface area (Å²) in [5, 5.41) is 22.5. The minimum absolute atomic E-state index is 0.455. The third-order valence-corrected chi connectivity index (χ3v) is 13.8. The van der Waals surface area contributed by atoms with Gasteiger partial charge in [-0.3, -0.25) is 0 Å². The molecule has 0 amide bonds. The fraction of sp³-hybridized carbons (Fsp3) is 0. The van der Waals surface area contributed by atoms with Gasteiger partial charge in [-0.1, -0.05) is 121 Å². The molecule has 6 nitrogen and oxygen atoms in total. The molecular weight excluding hydrogens is 805 g/mol. The van der Waals surface area contributed by atoms with E-state index in [0.717, 1.165) is 98.6 Å². The van der Waals surface area contributed by atoms with E-state index in [2.05, 4.69) is 211 Å². The molecule has 0 bridgehead atoms. The largest absolute Gasteiger partial charge is 0.319 e. The van der Waals surface area contributed by atoms with Crippen LogP contribution < -0.4 is 0 Å². The van der Waals surface area contributed by atoms with Gasteiger partial charge in [0.15, 0.2) is 0 Å². The van der Waals surface area contributed by atoms with Crippen LogP contribution in [0.2, 0.25) is 0 Å². The summed E-state index contributed by atoms with van der Waals surface area (Å²) in [4.78, 5) is 4.26. The number of fused-ring (bicyclic) bond motifs is 14. The Morgan fingerprint density at radius 3 is 1.45 bits per heavy atom. The summed E-state index contributed by atoms with van der Waals surface area (Å²) in [7, 11) is 0. The Kier molecular flexibility index (Phi) is 7.43. The van der Waals surface area contributed by atoms with E-state index in [4.69, 9.17) is 6.57 Å². The van der Waals surface area contributed by atoms with Gasteiger partial charge in [0.2, 0.25) is 5.69 Å². The van der Waals surface area contributed by atoms with Crippen molar-refractivity contribution in [1.82, 2.24) is 18.3 Å². The van der Waals surface area contributed by atoms with Gasteiger partial charge in [-0.15, -0.1) is 0 Å². The highest BCUT2D eigenvalue weighted by Gasteiger charge is 2.24. The number of nitriles is 1. The van der Waals surface area contributed by atoms with Gasteiger partial charge in [0.05, 0.1) is 67.6 Å². The Hall–Kier alpha value is -9.36. The van der Waals surface area contributed by atoms with Crippen LogP contribution in [0.15, 0.2) is 206 Å². The number of rotatable bonds is 4. The molecule has 0 aliphatic rings. The van der Waals surface area contributed by atoms with E-state index in [-0.39, 0.29) is 0 Å². The summed E-state index contributed by atoms with van der Waals surface area (Å²) < 4.78 is 9.07. The van der Waals surface area contributed by atoms with Gasteiger partial charge < -0.3 is 18.3 Å². The van der Waals surface area contributed by atoms with Gasteiger partial charge in [0, 0.05) is 54.5 Å². The maximum Gasteiger partial charge on any atom is 0.212 e. The highest BCUT2D eigenvalue weighted by molar-refractivity contribution is 6.23. The van der Waals surface area contributed by atoms with Crippen molar-refractivity contribution in [3.8, 4) is 28.8 Å². The predicted octanol–water partition coefficient (Wildman–Crippen LogP) is 15.7. The first-order valence-corrected chi connectivity index (χ1v) is 22.1. The number of hydrogen-bond donors (Lipinski definition) is 0. The molecule has 0 N–H and O–H groups in total. The lowest BCUT2D eigenvalue weighted by Crippen LogP contribution is -2.02. The molecule has 0 spiro atoms. The lowest BCUT2D eigenvalue weighted by molar-refractivity contribution is 1.14. The van der Waals surface area contributed by atoms with Crippen molar-refractivity contribution in [3.63, 3.8) is 0 Å². The molecule has 14 aromatic rings. The van der Waals surface area contributed by atoms with Crippen LogP contribution in [-0.4, -0.2) is 18.3 Å². The zero-order valence-corrected chi connectivity index (χ0v) is 35.3. The molecule has 0 fully saturated rings. The Bertz CT molecular complexity index is 4430. The van der Waals surface area contributed by atoms with E-state index in [1.165, 1.54) is 10.8 Å². The molecule has 66 heavy (non-hydrogen) atoms. The second kappa shape index (κ2) is 13.6. The number of aromatic nitrogens is 4. The molecule has 0 atom stereocenters. The molecule has 0 saturated carbocycles. The smallest absolute Gasteiger partial charge is 0.212 e. The molecule has 0 saturated heterocycles. The van der Waals surface area contributed by atoms with Crippen molar-refractivity contribution in [2.75, 3.05) is 0 Å². The van der Waals surface area contributed by atoms with Crippen LogP contribution in [0.25, 0.3) is 126 Å². The number of hydrogen-bond acceptors (Lipinski definition) is 1. The van der Waals surface area contributed by atoms with Crippen molar-refractivity contribution in [2.24, 2.45) is 0 Å². The van der Waals surface area contributed by atoms with Crippen molar-refractivity contribution in [2.45, 2.75) is 0 Å². The average Bonchev–Trinajstić information content (AvgIpc) is 4.10. The van der Waals surface area contributed by atoms with Crippen LogP contribution in [0, 0.1) is 17.9 Å². The van der Waals surface area contributed by atoms with Crippen LogP contribution in [0.3, 0.4) is 0 Å². The van der Waals surface area contributed by atoms with Crippen LogP contribution in [0.1, 0.15) is 5.56 Å². The monoisotopic (exact) mass is 838 g/mol. The van der Waals surface area contributed by atoms with Gasteiger partial charge in [-0.2, -0.15) is 5.26 Å². The first-order valence-electron chi connectivity index (χ1n) is 22.1. The first-order chi connectivity index (χ1) is 32.7. The van der Waals surface area contributed by atoms with Crippen molar-refractivity contribution >= 4 is 104 Å². The molecular formula is C60H34N6. The summed E-state index contributed by atoms with van der Waals surface area (Å²) in [6.45, 7) is 8.78. The highest BCUT2D eigenvalue weighted by atomic mass is 15.0. The summed E-state index contributed by atoms with van der Waals surface area (Å²) >= 11 is 0. The first kappa shape index (κ1) is 36.2. The normalized spacial score (nSPS) is 11.9. The van der Waals surface area contributed by atoms with Crippen LogP contribution in [0.4, 0.5) is 5.69 Å². The minimum Gasteiger partial charge on any atom is -0.319 e. The second-order valence-electron chi connectivity index (χ2n) is 17.1. The third-order valence-electron chi connectivity index (χ3n) is 13.8. The SMILES string of the molecule is [C-]#[N+]c1cc(-n2c3ccc(-n4c5ccccc5c5ccccc54)cc3c3c4ccccc4ccc32)c(C#N)cc1-n1c2ccccc2c2cc3c(cc21)c1ccccc1n3-c1ccccc1. The van der Waals surface area contributed by atoms with Gasteiger partial charge in [0.25, 0.3) is 0 Å². The second-order valence-corrected chi connectivity index (χ2v) is 17.1. The Morgan fingerprint density at radius 2 is 0.833 bits per heavy atom. The Balaban J connectivity index is 1.04. The van der Waals surface area contributed by atoms with Gasteiger partial charge in [-0.05, 0) is 95.7 Å².